The summed E-state index contributed by atoms with van der Waals surface area (Å²) in [5, 5.41) is 35.8. The van der Waals surface area contributed by atoms with Gasteiger partial charge in [-0.3, -0.25) is 4.57 Å². The monoisotopic (exact) mass is 604 g/mol. The Labute approximate surface area is 233 Å². The van der Waals surface area contributed by atoms with E-state index in [-0.39, 0.29) is 17.5 Å². The lowest BCUT2D eigenvalue weighted by molar-refractivity contribution is -0.118. The Morgan fingerprint density at radius 1 is 1.23 bits per heavy atom. The highest BCUT2D eigenvalue weighted by Crippen LogP contribution is 2.51. The number of fused-ring (bicyclic) bond motifs is 1. The van der Waals surface area contributed by atoms with Gasteiger partial charge in [-0.05, 0) is 36.7 Å². The Kier molecular flexibility index (Phi) is 9.47. The molecule has 220 valence electrons. The average Bonchev–Trinajstić information content (AvgIpc) is 3.42. The maximum absolute atomic E-state index is 14.3. The molecule has 3 aromatic rings. The molecule has 6 atom stereocenters. The molecule has 1 aromatic carbocycles. The Balaban J connectivity index is 1.51. The van der Waals surface area contributed by atoms with Crippen molar-refractivity contribution in [1.82, 2.24) is 14.6 Å². The Bertz CT molecular complexity index is 1380. The zero-order valence-corrected chi connectivity index (χ0v) is 23.2. The summed E-state index contributed by atoms with van der Waals surface area (Å²) in [6.45, 7) is -0.451. The van der Waals surface area contributed by atoms with E-state index in [1.807, 2.05) is 0 Å². The van der Waals surface area contributed by atoms with Crippen LogP contribution in [0.5, 0.6) is 0 Å². The predicted octanol–water partition coefficient (Wildman–Crippen LogP) is 1.26. The SMILES string of the molecule is COCC(CO)(OC[C@H]1O[C@H](Cc2ccc3c(N[C@@H](C)c4ccccc4F)nc(Cl)nn23)[C@H](O)[C@@H]1O)P(=O)(O)O. The predicted molar refractivity (Wildman–Crippen MR) is 141 cm³/mol. The summed E-state index contributed by atoms with van der Waals surface area (Å²) in [5.74, 6) is -0.0319. The number of aliphatic hydroxyl groups excluding tert-OH is 3. The molecule has 1 aliphatic rings. The van der Waals surface area contributed by atoms with E-state index in [0.29, 0.717) is 22.6 Å². The van der Waals surface area contributed by atoms with E-state index in [0.717, 1.165) is 0 Å². The number of hydrogen-bond acceptors (Lipinski definition) is 10. The molecule has 6 N–H and O–H groups in total. The number of nitrogens with one attached hydrogen (secondary N) is 1. The Morgan fingerprint density at radius 3 is 2.58 bits per heavy atom. The third-order valence-corrected chi connectivity index (χ3v) is 8.45. The van der Waals surface area contributed by atoms with Gasteiger partial charge in [0.05, 0.1) is 32.0 Å². The van der Waals surface area contributed by atoms with Gasteiger partial charge in [-0.15, -0.1) is 5.10 Å². The highest BCUT2D eigenvalue weighted by atomic mass is 35.5. The van der Waals surface area contributed by atoms with Crippen molar-refractivity contribution < 1.29 is 48.3 Å². The lowest BCUT2D eigenvalue weighted by atomic mass is 10.0. The number of hydrogen-bond donors (Lipinski definition) is 6. The van der Waals surface area contributed by atoms with E-state index >= 15 is 0 Å². The van der Waals surface area contributed by atoms with Gasteiger partial charge < -0.3 is 44.6 Å². The van der Waals surface area contributed by atoms with Gasteiger partial charge in [0.25, 0.3) is 0 Å². The van der Waals surface area contributed by atoms with Crippen molar-refractivity contribution in [1.29, 1.82) is 0 Å². The standard InChI is InChI=1S/C24H31ClFN4O9P/c1-13(15-5-3-4-6-16(15)26)27-22-17-8-7-14(30(17)29-23(25)28-22)9-18-20(32)21(33)19(39-18)10-38-24(11-31,12-37-2)40(34,35)36/h3-8,13,18-21,31-33H,9-12H2,1-2H3,(H,27,28,29)(H2,34,35,36)/t13-,18+,19+,20-,21+,24?/m0/s1. The molecule has 0 spiro atoms. The van der Waals surface area contributed by atoms with Crippen LogP contribution in [0.15, 0.2) is 36.4 Å². The third kappa shape index (κ3) is 6.16. The summed E-state index contributed by atoms with van der Waals surface area (Å²) in [6.07, 6.45) is -4.90. The van der Waals surface area contributed by atoms with Crippen molar-refractivity contribution in [2.24, 2.45) is 0 Å². The van der Waals surface area contributed by atoms with Crippen LogP contribution in [0.3, 0.4) is 0 Å². The summed E-state index contributed by atoms with van der Waals surface area (Å²) in [7, 11) is -3.82. The van der Waals surface area contributed by atoms with E-state index in [4.69, 9.17) is 25.8 Å². The van der Waals surface area contributed by atoms with E-state index in [2.05, 4.69) is 15.4 Å². The molecule has 13 nitrogen and oxygen atoms in total. The fourth-order valence-corrected chi connectivity index (χ4v) is 5.47. The van der Waals surface area contributed by atoms with Crippen molar-refractivity contribution in [3.63, 3.8) is 0 Å². The largest absolute Gasteiger partial charge is 0.393 e. The van der Waals surface area contributed by atoms with Gasteiger partial charge in [0, 0.05) is 24.8 Å². The summed E-state index contributed by atoms with van der Waals surface area (Å²) < 4.78 is 43.7. The zero-order chi connectivity index (χ0) is 29.2. The molecule has 0 aliphatic carbocycles. The molecule has 2 aromatic heterocycles. The van der Waals surface area contributed by atoms with Gasteiger partial charge in [0.1, 0.15) is 29.6 Å². The van der Waals surface area contributed by atoms with Crippen LogP contribution in [0.4, 0.5) is 10.2 Å². The van der Waals surface area contributed by atoms with E-state index in [1.165, 1.54) is 17.7 Å². The zero-order valence-electron chi connectivity index (χ0n) is 21.6. The first-order valence-corrected chi connectivity index (χ1v) is 14.3. The minimum absolute atomic E-state index is 0.0558. The smallest absolute Gasteiger partial charge is 0.361 e. The van der Waals surface area contributed by atoms with Gasteiger partial charge in [-0.2, -0.15) is 4.98 Å². The van der Waals surface area contributed by atoms with Crippen molar-refractivity contribution >= 4 is 30.5 Å². The van der Waals surface area contributed by atoms with Crippen LogP contribution in [0.2, 0.25) is 5.28 Å². The second-order valence-corrected chi connectivity index (χ2v) is 11.8. The first kappa shape index (κ1) is 30.7. The van der Waals surface area contributed by atoms with E-state index < -0.39 is 63.2 Å². The second-order valence-electron chi connectivity index (χ2n) is 9.53. The number of benzene rings is 1. The number of aromatic nitrogens is 3. The molecular weight excluding hydrogens is 574 g/mol. The number of halogens is 2. The first-order valence-electron chi connectivity index (χ1n) is 12.3. The van der Waals surface area contributed by atoms with Gasteiger partial charge in [0.2, 0.25) is 10.6 Å². The molecular formula is C24H31ClFN4O9P. The molecule has 40 heavy (non-hydrogen) atoms. The molecule has 1 unspecified atom stereocenters. The van der Waals surface area contributed by atoms with Crippen molar-refractivity contribution in [2.45, 2.75) is 49.1 Å². The number of methoxy groups -OCH3 is 1. The number of aliphatic hydroxyl groups is 3. The first-order chi connectivity index (χ1) is 18.9. The van der Waals surface area contributed by atoms with Crippen molar-refractivity contribution in [3.05, 3.63) is 58.8 Å². The Morgan fingerprint density at radius 2 is 1.93 bits per heavy atom. The normalized spacial score (nSPS) is 23.8. The van der Waals surface area contributed by atoms with Crippen molar-refractivity contribution in [3.8, 4) is 0 Å². The van der Waals surface area contributed by atoms with Crippen LogP contribution >= 0.6 is 19.2 Å². The molecule has 3 heterocycles. The molecule has 0 bridgehead atoms. The van der Waals surface area contributed by atoms with Gasteiger partial charge >= 0.3 is 7.60 Å². The number of ether oxygens (including phenoxy) is 3. The fourth-order valence-electron chi connectivity index (χ4n) is 4.59. The molecule has 1 fully saturated rings. The van der Waals surface area contributed by atoms with Gasteiger partial charge in [-0.25, -0.2) is 8.91 Å². The van der Waals surface area contributed by atoms with E-state index in [1.54, 1.807) is 37.3 Å². The van der Waals surface area contributed by atoms with Crippen LogP contribution in [-0.4, -0.2) is 96.4 Å². The Hall–Kier alpha value is -2.23. The minimum atomic E-state index is -5.00. The maximum atomic E-state index is 14.3. The highest BCUT2D eigenvalue weighted by Gasteiger charge is 2.51. The summed E-state index contributed by atoms with van der Waals surface area (Å²) in [5.41, 5.74) is 1.49. The maximum Gasteiger partial charge on any atom is 0.361 e. The summed E-state index contributed by atoms with van der Waals surface area (Å²) in [4.78, 5) is 23.6. The minimum Gasteiger partial charge on any atom is -0.393 e. The molecule has 1 saturated heterocycles. The molecule has 0 amide bonds. The number of nitrogens with zero attached hydrogens (tertiary/aromatic N) is 3. The molecule has 1 aliphatic heterocycles. The van der Waals surface area contributed by atoms with Crippen LogP contribution < -0.4 is 5.32 Å². The molecule has 0 saturated carbocycles. The highest BCUT2D eigenvalue weighted by molar-refractivity contribution is 7.53. The second kappa shape index (κ2) is 12.3. The van der Waals surface area contributed by atoms with Gasteiger partial charge in [0.15, 0.2) is 5.82 Å². The average molecular weight is 605 g/mol. The van der Waals surface area contributed by atoms with E-state index in [9.17, 15) is 34.1 Å². The van der Waals surface area contributed by atoms with Crippen LogP contribution in [0, 0.1) is 5.82 Å². The van der Waals surface area contributed by atoms with Crippen molar-refractivity contribution in [2.75, 3.05) is 32.2 Å². The lowest BCUT2D eigenvalue weighted by Gasteiger charge is -2.32. The fraction of sp³-hybridized carbons (Fsp3) is 0.500. The molecule has 16 heteroatoms. The third-order valence-electron chi connectivity index (χ3n) is 6.82. The van der Waals surface area contributed by atoms with Gasteiger partial charge in [-0.1, -0.05) is 18.2 Å². The molecule has 0 radical (unpaired) electrons. The summed E-state index contributed by atoms with van der Waals surface area (Å²) >= 11 is 6.18. The lowest BCUT2D eigenvalue weighted by Crippen LogP contribution is -2.44. The van der Waals surface area contributed by atoms with Crippen LogP contribution in [0.25, 0.3) is 5.52 Å². The van der Waals surface area contributed by atoms with Crippen LogP contribution in [0.1, 0.15) is 24.2 Å². The summed E-state index contributed by atoms with van der Waals surface area (Å²) in [6, 6.07) is 9.29. The number of anilines is 1. The van der Waals surface area contributed by atoms with Crippen LogP contribution in [-0.2, 0) is 25.2 Å². The topological polar surface area (TPSA) is 188 Å². The number of rotatable bonds is 12. The molecule has 4 rings (SSSR count). The quantitative estimate of drug-likeness (QED) is 0.163.